The Balaban J connectivity index is 1.85. The summed E-state index contributed by atoms with van der Waals surface area (Å²) >= 11 is 0. The summed E-state index contributed by atoms with van der Waals surface area (Å²) in [6, 6.07) is 17.9. The number of benzene rings is 2. The third-order valence-corrected chi connectivity index (χ3v) is 4.52. The maximum absolute atomic E-state index is 13.1. The van der Waals surface area contributed by atoms with Gasteiger partial charge in [0.2, 0.25) is 5.91 Å². The van der Waals surface area contributed by atoms with Crippen LogP contribution < -0.4 is 15.0 Å². The van der Waals surface area contributed by atoms with Gasteiger partial charge in [-0.05, 0) is 55.8 Å². The van der Waals surface area contributed by atoms with E-state index in [9.17, 15) is 4.79 Å². The van der Waals surface area contributed by atoms with Gasteiger partial charge >= 0.3 is 0 Å². The van der Waals surface area contributed by atoms with Crippen LogP contribution in [0, 0.1) is 5.92 Å². The number of hydrogen-bond acceptors (Lipinski definition) is 3. The van der Waals surface area contributed by atoms with Crippen molar-refractivity contribution < 1.29 is 9.53 Å². The maximum atomic E-state index is 13.1. The van der Waals surface area contributed by atoms with Gasteiger partial charge in [-0.3, -0.25) is 4.79 Å². The van der Waals surface area contributed by atoms with Gasteiger partial charge in [0.05, 0.1) is 13.7 Å². The van der Waals surface area contributed by atoms with Crippen molar-refractivity contribution in [3.05, 3.63) is 60.2 Å². The number of rotatable bonds is 5. The van der Waals surface area contributed by atoms with Crippen molar-refractivity contribution in [3.8, 4) is 5.75 Å². The molecule has 1 N–H and O–H groups in total. The van der Waals surface area contributed by atoms with Crippen LogP contribution in [-0.4, -0.2) is 26.1 Å². The fourth-order valence-corrected chi connectivity index (χ4v) is 3.11. The fraction of sp³-hybridized carbons (Fsp3) is 0.350. The second kappa shape index (κ2) is 7.97. The molecule has 1 heterocycles. The van der Waals surface area contributed by atoms with Crippen LogP contribution in [0.1, 0.15) is 18.4 Å². The van der Waals surface area contributed by atoms with Gasteiger partial charge in [-0.15, -0.1) is 0 Å². The summed E-state index contributed by atoms with van der Waals surface area (Å²) in [6.07, 6.45) is 1.81. The quantitative estimate of drug-likeness (QED) is 0.918. The molecule has 4 nitrogen and oxygen atoms in total. The zero-order chi connectivity index (χ0) is 16.8. The second-order valence-corrected chi connectivity index (χ2v) is 6.13. The number of nitrogens with one attached hydrogen (secondary N) is 1. The average Bonchev–Trinajstić information content (AvgIpc) is 2.67. The van der Waals surface area contributed by atoms with Crippen LogP contribution in [0.3, 0.4) is 0 Å². The number of hydrogen-bond donors (Lipinski definition) is 1. The molecule has 3 rings (SSSR count). The Hall–Kier alpha value is -2.33. The molecule has 1 aliphatic rings. The van der Waals surface area contributed by atoms with Gasteiger partial charge in [0, 0.05) is 11.6 Å². The molecule has 2 aromatic rings. The van der Waals surface area contributed by atoms with Crippen molar-refractivity contribution in [3.63, 3.8) is 0 Å². The molecule has 0 atom stereocenters. The van der Waals surface area contributed by atoms with Crippen LogP contribution in [0.25, 0.3) is 0 Å². The first-order valence-electron chi connectivity index (χ1n) is 8.48. The number of carbonyl (C=O) groups excluding carboxylic acids is 1. The minimum Gasteiger partial charge on any atom is -0.497 e. The first kappa shape index (κ1) is 16.5. The first-order chi connectivity index (χ1) is 11.8. The highest BCUT2D eigenvalue weighted by Gasteiger charge is 2.27. The lowest BCUT2D eigenvalue weighted by Gasteiger charge is -2.30. The first-order valence-corrected chi connectivity index (χ1v) is 8.48. The van der Waals surface area contributed by atoms with Crippen molar-refractivity contribution >= 4 is 11.6 Å². The summed E-state index contributed by atoms with van der Waals surface area (Å²) in [7, 11) is 1.65. The summed E-state index contributed by atoms with van der Waals surface area (Å²) < 4.78 is 5.23. The molecule has 2 aromatic carbocycles. The maximum Gasteiger partial charge on any atom is 0.230 e. The molecule has 0 aliphatic carbocycles. The third kappa shape index (κ3) is 3.95. The van der Waals surface area contributed by atoms with Gasteiger partial charge in [0.25, 0.3) is 0 Å². The minimum absolute atomic E-state index is 0.0945. The van der Waals surface area contributed by atoms with Crippen molar-refractivity contribution in [2.45, 2.75) is 19.4 Å². The van der Waals surface area contributed by atoms with Crippen LogP contribution >= 0.6 is 0 Å². The monoisotopic (exact) mass is 324 g/mol. The van der Waals surface area contributed by atoms with Gasteiger partial charge in [0.1, 0.15) is 5.75 Å². The van der Waals surface area contributed by atoms with Crippen LogP contribution in [0.2, 0.25) is 0 Å². The molecular weight excluding hydrogens is 300 g/mol. The second-order valence-electron chi connectivity index (χ2n) is 6.13. The molecule has 0 bridgehead atoms. The van der Waals surface area contributed by atoms with E-state index in [4.69, 9.17) is 4.74 Å². The molecule has 0 radical (unpaired) electrons. The number of methoxy groups -OCH3 is 1. The van der Waals surface area contributed by atoms with E-state index in [0.717, 1.165) is 42.9 Å². The number of amides is 1. The molecule has 126 valence electrons. The van der Waals surface area contributed by atoms with Crippen LogP contribution in [-0.2, 0) is 11.3 Å². The number of nitrogens with zero attached hydrogens (tertiary/aromatic N) is 1. The Bertz CT molecular complexity index is 649. The van der Waals surface area contributed by atoms with E-state index in [1.807, 2.05) is 47.4 Å². The molecule has 1 amide bonds. The van der Waals surface area contributed by atoms with Gasteiger partial charge in [-0.25, -0.2) is 0 Å². The Kier molecular flexibility index (Phi) is 5.49. The van der Waals surface area contributed by atoms with Crippen molar-refractivity contribution in [2.24, 2.45) is 5.92 Å². The van der Waals surface area contributed by atoms with Crippen molar-refractivity contribution in [1.29, 1.82) is 0 Å². The summed E-state index contributed by atoms with van der Waals surface area (Å²) in [5.41, 5.74) is 2.05. The van der Waals surface area contributed by atoms with Gasteiger partial charge in [0.15, 0.2) is 0 Å². The van der Waals surface area contributed by atoms with E-state index in [0.29, 0.717) is 6.54 Å². The molecule has 0 aromatic heterocycles. The Morgan fingerprint density at radius 3 is 2.38 bits per heavy atom. The molecule has 1 fully saturated rings. The van der Waals surface area contributed by atoms with Gasteiger partial charge in [-0.1, -0.05) is 30.3 Å². The van der Waals surface area contributed by atoms with E-state index in [1.54, 1.807) is 7.11 Å². The zero-order valence-corrected chi connectivity index (χ0v) is 14.1. The average molecular weight is 324 g/mol. The standard InChI is InChI=1S/C20H24N2O2/c1-24-19-9-7-18(8-10-19)22(15-16-5-3-2-4-6-16)20(23)17-11-13-21-14-12-17/h2-10,17,21H,11-15H2,1H3. The van der Waals surface area contributed by atoms with E-state index in [2.05, 4.69) is 17.4 Å². The molecule has 1 aliphatic heterocycles. The van der Waals surface area contributed by atoms with Crippen LogP contribution in [0.15, 0.2) is 54.6 Å². The van der Waals surface area contributed by atoms with Gasteiger partial charge < -0.3 is 15.0 Å². The number of carbonyl (C=O) groups is 1. The molecule has 1 saturated heterocycles. The smallest absolute Gasteiger partial charge is 0.230 e. The molecular formula is C20H24N2O2. The minimum atomic E-state index is 0.0945. The largest absolute Gasteiger partial charge is 0.497 e. The highest BCUT2D eigenvalue weighted by molar-refractivity contribution is 5.95. The highest BCUT2D eigenvalue weighted by Crippen LogP contribution is 2.25. The highest BCUT2D eigenvalue weighted by atomic mass is 16.5. The molecule has 24 heavy (non-hydrogen) atoms. The SMILES string of the molecule is COc1ccc(N(Cc2ccccc2)C(=O)C2CCNCC2)cc1. The van der Waals surface area contributed by atoms with E-state index < -0.39 is 0 Å². The van der Waals surface area contributed by atoms with Crippen LogP contribution in [0.4, 0.5) is 5.69 Å². The molecule has 0 saturated carbocycles. The van der Waals surface area contributed by atoms with E-state index >= 15 is 0 Å². The summed E-state index contributed by atoms with van der Waals surface area (Å²) in [6.45, 7) is 2.42. The summed E-state index contributed by atoms with van der Waals surface area (Å²) in [5, 5.41) is 3.33. The van der Waals surface area contributed by atoms with Crippen LogP contribution in [0.5, 0.6) is 5.75 Å². The predicted octanol–water partition coefficient (Wildman–Crippen LogP) is 3.23. The van der Waals surface area contributed by atoms with E-state index in [-0.39, 0.29) is 11.8 Å². The van der Waals surface area contributed by atoms with E-state index in [1.165, 1.54) is 0 Å². The zero-order valence-electron chi connectivity index (χ0n) is 14.1. The lowest BCUT2D eigenvalue weighted by atomic mass is 9.96. The molecule has 0 spiro atoms. The lowest BCUT2D eigenvalue weighted by Crippen LogP contribution is -2.40. The van der Waals surface area contributed by atoms with Gasteiger partial charge in [-0.2, -0.15) is 0 Å². The topological polar surface area (TPSA) is 41.6 Å². The Labute approximate surface area is 143 Å². The number of piperidine rings is 1. The number of anilines is 1. The normalized spacial score (nSPS) is 15.0. The predicted molar refractivity (Wildman–Crippen MR) is 96.2 cm³/mol. The Morgan fingerprint density at radius 2 is 1.75 bits per heavy atom. The summed E-state index contributed by atoms with van der Waals surface area (Å²) in [5.74, 6) is 1.11. The lowest BCUT2D eigenvalue weighted by molar-refractivity contribution is -0.123. The molecule has 0 unspecified atom stereocenters. The third-order valence-electron chi connectivity index (χ3n) is 4.52. The van der Waals surface area contributed by atoms with Crippen molar-refractivity contribution in [1.82, 2.24) is 5.32 Å². The number of ether oxygens (including phenoxy) is 1. The summed E-state index contributed by atoms with van der Waals surface area (Å²) in [4.78, 5) is 15.0. The van der Waals surface area contributed by atoms with Crippen molar-refractivity contribution in [2.75, 3.05) is 25.1 Å². The fourth-order valence-electron chi connectivity index (χ4n) is 3.11. The molecule has 4 heteroatoms. The Morgan fingerprint density at radius 1 is 1.08 bits per heavy atom.